The van der Waals surface area contributed by atoms with E-state index >= 15 is 0 Å². The first-order chi connectivity index (χ1) is 29.0. The third-order valence-corrected chi connectivity index (χ3v) is 11.1. The minimum atomic E-state index is -5.11. The van der Waals surface area contributed by atoms with Crippen LogP contribution in [-0.2, 0) is 12.4 Å². The van der Waals surface area contributed by atoms with Crippen LogP contribution < -0.4 is 0 Å². The summed E-state index contributed by atoms with van der Waals surface area (Å²) >= 11 is 0. The van der Waals surface area contributed by atoms with Gasteiger partial charge in [-0.15, -0.1) is 0 Å². The highest BCUT2D eigenvalue weighted by atomic mass is 19.4. The second kappa shape index (κ2) is 13.8. The average Bonchev–Trinajstić information content (AvgIpc) is 3.78. The maximum atomic E-state index is 14.7. The van der Waals surface area contributed by atoms with Gasteiger partial charge in [-0.2, -0.15) is 31.6 Å². The van der Waals surface area contributed by atoms with Crippen molar-refractivity contribution in [3.63, 3.8) is 0 Å². The number of aromatic nitrogens is 2. The van der Waals surface area contributed by atoms with E-state index in [0.717, 1.165) is 55.9 Å². The average molecular weight is 798 g/mol. The van der Waals surface area contributed by atoms with Crippen LogP contribution in [0.4, 0.5) is 26.3 Å². The van der Waals surface area contributed by atoms with Crippen LogP contribution in [0.1, 0.15) is 16.7 Å². The van der Waals surface area contributed by atoms with Crippen LogP contribution in [0, 0.1) is 11.3 Å². The van der Waals surface area contributed by atoms with Gasteiger partial charge < -0.3 is 9.13 Å². The Labute approximate surface area is 339 Å². The summed E-state index contributed by atoms with van der Waals surface area (Å²) in [5.74, 6) is 0. The lowest BCUT2D eigenvalue weighted by Gasteiger charge is -2.22. The van der Waals surface area contributed by atoms with E-state index < -0.39 is 23.5 Å². The molecule has 0 aliphatic rings. The molecule has 0 aliphatic carbocycles. The Hall–Kier alpha value is -7.57. The van der Waals surface area contributed by atoms with Crippen molar-refractivity contribution in [2.45, 2.75) is 12.4 Å². The monoisotopic (exact) mass is 797 g/mol. The van der Waals surface area contributed by atoms with Crippen molar-refractivity contribution in [1.82, 2.24) is 9.13 Å². The van der Waals surface area contributed by atoms with Gasteiger partial charge in [0, 0.05) is 27.1 Å². The third-order valence-electron chi connectivity index (χ3n) is 11.1. The van der Waals surface area contributed by atoms with Gasteiger partial charge >= 0.3 is 12.4 Å². The van der Waals surface area contributed by atoms with E-state index in [1.165, 1.54) is 0 Å². The molecule has 9 heteroatoms. The van der Waals surface area contributed by atoms with Crippen molar-refractivity contribution in [2.24, 2.45) is 0 Å². The fourth-order valence-electron chi connectivity index (χ4n) is 8.50. The van der Waals surface area contributed by atoms with Gasteiger partial charge in [0.25, 0.3) is 0 Å². The highest BCUT2D eigenvalue weighted by molar-refractivity contribution is 6.13. The van der Waals surface area contributed by atoms with E-state index in [4.69, 9.17) is 0 Å². The summed E-state index contributed by atoms with van der Waals surface area (Å²) in [4.78, 5) is 0. The van der Waals surface area contributed by atoms with Crippen LogP contribution in [0.15, 0.2) is 176 Å². The minimum Gasteiger partial charge on any atom is -0.308 e. The Morgan fingerprint density at radius 3 is 1.18 bits per heavy atom. The molecule has 60 heavy (non-hydrogen) atoms. The molecule has 2 aromatic heterocycles. The zero-order valence-corrected chi connectivity index (χ0v) is 31.4. The van der Waals surface area contributed by atoms with Crippen molar-refractivity contribution in [3.05, 3.63) is 193 Å². The number of hydrogen-bond donors (Lipinski definition) is 0. The van der Waals surface area contributed by atoms with Crippen molar-refractivity contribution < 1.29 is 26.3 Å². The van der Waals surface area contributed by atoms with Crippen LogP contribution in [0.2, 0.25) is 0 Å². The van der Waals surface area contributed by atoms with Gasteiger partial charge in [0.2, 0.25) is 0 Å². The van der Waals surface area contributed by atoms with E-state index in [9.17, 15) is 31.6 Å². The molecule has 0 unspecified atom stereocenters. The molecule has 0 N–H and O–H groups in total. The molecule has 0 saturated carbocycles. The van der Waals surface area contributed by atoms with Crippen LogP contribution >= 0.6 is 0 Å². The third kappa shape index (κ3) is 6.07. The van der Waals surface area contributed by atoms with E-state index in [1.807, 2.05) is 155 Å². The molecule has 0 aliphatic heterocycles. The number of para-hydroxylation sites is 2. The zero-order valence-electron chi connectivity index (χ0n) is 31.4. The molecule has 10 aromatic rings. The first-order valence-electron chi connectivity index (χ1n) is 19.0. The Morgan fingerprint density at radius 1 is 0.367 bits per heavy atom. The molecule has 0 spiro atoms. The lowest BCUT2D eigenvalue weighted by atomic mass is 9.94. The standard InChI is InChI=1S/C51H29F6N3/c52-50(53,54)37-25-36(26-38(29-37)51(55,56)57)49-47(59-43-17-9-7-15-39(43)41-21-19-34(27-45(41)59)32-11-3-1-4-12-32)23-31(30-58)24-48(49)60-44-18-10-8-16-40(44)42-22-20-35(28-46(42)60)33-13-5-2-6-14-33/h1-29H. The van der Waals surface area contributed by atoms with Gasteiger partial charge in [-0.05, 0) is 82.4 Å². The predicted molar refractivity (Wildman–Crippen MR) is 226 cm³/mol. The van der Waals surface area contributed by atoms with Gasteiger partial charge in [0.1, 0.15) is 0 Å². The van der Waals surface area contributed by atoms with Gasteiger partial charge in [0.15, 0.2) is 0 Å². The Kier molecular flexibility index (Phi) is 8.44. The van der Waals surface area contributed by atoms with Crippen LogP contribution in [-0.4, -0.2) is 9.13 Å². The number of nitrogens with zero attached hydrogens (tertiary/aromatic N) is 3. The molecule has 8 aromatic carbocycles. The topological polar surface area (TPSA) is 33.6 Å². The summed E-state index contributed by atoms with van der Waals surface area (Å²) in [7, 11) is 0. The number of hydrogen-bond acceptors (Lipinski definition) is 1. The molecule has 290 valence electrons. The quantitative estimate of drug-likeness (QED) is 0.160. The largest absolute Gasteiger partial charge is 0.416 e. The second-order valence-corrected chi connectivity index (χ2v) is 14.7. The summed E-state index contributed by atoms with van der Waals surface area (Å²) in [6, 6.07) is 53.2. The molecule has 0 amide bonds. The minimum absolute atomic E-state index is 0.0751. The van der Waals surface area contributed by atoms with Crippen molar-refractivity contribution in [1.29, 1.82) is 5.26 Å². The van der Waals surface area contributed by atoms with Crippen molar-refractivity contribution in [3.8, 4) is 50.8 Å². The lowest BCUT2D eigenvalue weighted by Crippen LogP contribution is -2.12. The Bertz CT molecular complexity index is 3140. The molecule has 3 nitrogen and oxygen atoms in total. The van der Waals surface area contributed by atoms with Gasteiger partial charge in [-0.1, -0.05) is 121 Å². The molecule has 0 fully saturated rings. The van der Waals surface area contributed by atoms with E-state index in [0.29, 0.717) is 22.1 Å². The molecule has 0 atom stereocenters. The summed E-state index contributed by atoms with van der Waals surface area (Å²) < 4.78 is 92.2. The number of nitriles is 1. The summed E-state index contributed by atoms with van der Waals surface area (Å²) in [6.45, 7) is 0. The van der Waals surface area contributed by atoms with Crippen LogP contribution in [0.5, 0.6) is 0 Å². The van der Waals surface area contributed by atoms with E-state index in [2.05, 4.69) is 6.07 Å². The Balaban J connectivity index is 1.41. The number of halogens is 6. The summed E-state index contributed by atoms with van der Waals surface area (Å²) in [5.41, 5.74) is 3.60. The van der Waals surface area contributed by atoms with Crippen LogP contribution in [0.25, 0.3) is 88.4 Å². The summed E-state index contributed by atoms with van der Waals surface area (Å²) in [5, 5.41) is 14.0. The maximum Gasteiger partial charge on any atom is 0.416 e. The molecular formula is C51H29F6N3. The summed E-state index contributed by atoms with van der Waals surface area (Å²) in [6.07, 6.45) is -10.2. The van der Waals surface area contributed by atoms with Crippen molar-refractivity contribution in [2.75, 3.05) is 0 Å². The SMILES string of the molecule is N#Cc1cc(-n2c3ccccc3c3ccc(-c4ccccc4)cc32)c(-c2cc(C(F)(F)F)cc(C(F)(F)F)c2)c(-n2c3ccccc3c3ccc(-c4ccccc4)cc32)c1. The lowest BCUT2D eigenvalue weighted by molar-refractivity contribution is -0.143. The zero-order chi connectivity index (χ0) is 41.3. The van der Waals surface area contributed by atoms with Gasteiger partial charge in [0.05, 0.1) is 56.2 Å². The normalized spacial score (nSPS) is 12.2. The Morgan fingerprint density at radius 2 is 0.767 bits per heavy atom. The van der Waals surface area contributed by atoms with Gasteiger partial charge in [-0.3, -0.25) is 0 Å². The number of benzene rings is 8. The highest BCUT2D eigenvalue weighted by Crippen LogP contribution is 2.46. The molecule has 10 rings (SSSR count). The smallest absolute Gasteiger partial charge is 0.308 e. The first kappa shape index (κ1) is 36.7. The van der Waals surface area contributed by atoms with Crippen molar-refractivity contribution >= 4 is 43.6 Å². The van der Waals surface area contributed by atoms with E-state index in [-0.39, 0.29) is 34.1 Å². The van der Waals surface area contributed by atoms with E-state index in [1.54, 1.807) is 12.1 Å². The molecule has 0 radical (unpaired) electrons. The first-order valence-corrected chi connectivity index (χ1v) is 19.0. The fourth-order valence-corrected chi connectivity index (χ4v) is 8.50. The number of fused-ring (bicyclic) bond motifs is 6. The van der Waals surface area contributed by atoms with Gasteiger partial charge in [-0.25, -0.2) is 0 Å². The fraction of sp³-hybridized carbons (Fsp3) is 0.0392. The second-order valence-electron chi connectivity index (χ2n) is 14.7. The predicted octanol–water partition coefficient (Wildman–Crippen LogP) is 14.8. The maximum absolute atomic E-state index is 14.7. The molecule has 2 heterocycles. The molecule has 0 saturated heterocycles. The number of alkyl halides is 6. The molecular weight excluding hydrogens is 769 g/mol. The highest BCUT2D eigenvalue weighted by Gasteiger charge is 2.38. The number of rotatable bonds is 5. The molecule has 0 bridgehead atoms. The van der Waals surface area contributed by atoms with Crippen LogP contribution in [0.3, 0.4) is 0 Å².